The average Bonchev–Trinajstić information content (AvgIpc) is 3.67. The second-order valence-electron chi connectivity index (χ2n) is 17.0. The van der Waals surface area contributed by atoms with Crippen molar-refractivity contribution in [2.75, 3.05) is 0 Å². The topological polar surface area (TPSA) is 67.7 Å². The molecule has 0 saturated heterocycles. The zero-order chi connectivity index (χ0) is 39.2. The Kier molecular flexibility index (Phi) is 6.68. The van der Waals surface area contributed by atoms with E-state index in [0.717, 1.165) is 33.1 Å². The van der Waals surface area contributed by atoms with Gasteiger partial charge in [0.1, 0.15) is 17.4 Å². The van der Waals surface area contributed by atoms with Crippen LogP contribution in [0.1, 0.15) is 54.3 Å². The summed E-state index contributed by atoms with van der Waals surface area (Å²) in [6.45, 7) is 23.9. The van der Waals surface area contributed by atoms with E-state index >= 15 is 0 Å². The third-order valence-electron chi connectivity index (χ3n) is 12.8. The smallest absolute Gasteiger partial charge is 0.308 e. The first-order valence-electron chi connectivity index (χ1n) is 19.6. The van der Waals surface area contributed by atoms with Gasteiger partial charge in [-0.05, 0) is 83.4 Å². The number of aryl methyl sites for hydroxylation is 4. The van der Waals surface area contributed by atoms with Gasteiger partial charge in [-0.1, -0.05) is 150 Å². The fourth-order valence-corrected chi connectivity index (χ4v) is 10.4. The van der Waals surface area contributed by atoms with Crippen molar-refractivity contribution >= 4 is 96.4 Å². The molecular formula is C48H37B2N7. The Morgan fingerprint density at radius 1 is 0.632 bits per heavy atom. The summed E-state index contributed by atoms with van der Waals surface area (Å²) in [6, 6.07) is 37.7. The highest BCUT2D eigenvalue weighted by atomic mass is 15.2. The molecule has 0 radical (unpaired) electrons. The van der Waals surface area contributed by atoms with E-state index in [1.165, 1.54) is 66.3 Å². The molecule has 2 aliphatic heterocycles. The molecule has 270 valence electrons. The Morgan fingerprint density at radius 3 is 1.53 bits per heavy atom. The quantitative estimate of drug-likeness (QED) is 0.153. The molecule has 57 heavy (non-hydrogen) atoms. The van der Waals surface area contributed by atoms with Crippen LogP contribution in [-0.2, 0) is 5.41 Å². The average molecular weight is 733 g/mol. The fourth-order valence-electron chi connectivity index (χ4n) is 10.4. The van der Waals surface area contributed by atoms with Crippen molar-refractivity contribution in [1.29, 1.82) is 5.26 Å². The molecule has 9 heteroatoms. The number of fused-ring (bicyclic) bond motifs is 9. The molecule has 2 aliphatic rings. The summed E-state index contributed by atoms with van der Waals surface area (Å²) >= 11 is 0. The number of hydrogen-bond acceptors (Lipinski definition) is 3. The highest BCUT2D eigenvalue weighted by Crippen LogP contribution is 2.36. The van der Waals surface area contributed by atoms with Crippen molar-refractivity contribution in [2.24, 2.45) is 0 Å². The molecule has 0 bridgehead atoms. The third kappa shape index (κ3) is 4.21. The molecule has 11 rings (SSSR count). The summed E-state index contributed by atoms with van der Waals surface area (Å²) in [7, 11) is 0. The van der Waals surface area contributed by atoms with Crippen molar-refractivity contribution in [2.45, 2.75) is 53.9 Å². The third-order valence-corrected chi connectivity index (χ3v) is 12.8. The van der Waals surface area contributed by atoms with E-state index in [0.29, 0.717) is 11.3 Å². The lowest BCUT2D eigenvalue weighted by Gasteiger charge is -2.37. The molecule has 0 fully saturated rings. The molecule has 0 amide bonds. The van der Waals surface area contributed by atoms with Gasteiger partial charge in [-0.15, -0.1) is 0 Å². The van der Waals surface area contributed by atoms with E-state index in [4.69, 9.17) is 16.5 Å². The first-order valence-corrected chi connectivity index (χ1v) is 19.6. The van der Waals surface area contributed by atoms with Gasteiger partial charge in [-0.2, -0.15) is 5.26 Å². The minimum Gasteiger partial charge on any atom is -0.358 e. The van der Waals surface area contributed by atoms with Crippen LogP contribution in [0.2, 0.25) is 0 Å². The van der Waals surface area contributed by atoms with Crippen molar-refractivity contribution in [1.82, 2.24) is 23.3 Å². The van der Waals surface area contributed by atoms with E-state index in [2.05, 4.69) is 170 Å². The number of hydrogen-bond donors (Lipinski definition) is 0. The van der Waals surface area contributed by atoms with E-state index in [1.54, 1.807) is 0 Å². The first-order chi connectivity index (χ1) is 27.5. The number of nitriles is 1. The van der Waals surface area contributed by atoms with Crippen LogP contribution in [0.5, 0.6) is 0 Å². The molecular weight excluding hydrogens is 696 g/mol. The first kappa shape index (κ1) is 33.5. The maximum Gasteiger partial charge on any atom is 0.308 e. The number of nitrogens with zero attached hydrogens (tertiary/aromatic N) is 7. The highest BCUT2D eigenvalue weighted by molar-refractivity contribution is 7.03. The lowest BCUT2D eigenvalue weighted by molar-refractivity contribution is 0.591. The van der Waals surface area contributed by atoms with Crippen molar-refractivity contribution in [3.63, 3.8) is 0 Å². The minimum absolute atomic E-state index is 0.00392. The van der Waals surface area contributed by atoms with Crippen LogP contribution in [0.25, 0.3) is 54.9 Å². The van der Waals surface area contributed by atoms with E-state index in [9.17, 15) is 5.26 Å². The minimum atomic E-state index is -0.141. The van der Waals surface area contributed by atoms with Gasteiger partial charge in [0.25, 0.3) is 5.65 Å². The molecule has 0 aliphatic carbocycles. The molecule has 0 saturated carbocycles. The van der Waals surface area contributed by atoms with E-state index in [-0.39, 0.29) is 30.4 Å². The lowest BCUT2D eigenvalue weighted by atomic mass is 9.30. The Morgan fingerprint density at radius 2 is 1.09 bits per heavy atom. The van der Waals surface area contributed by atoms with Crippen LogP contribution in [0, 0.1) is 45.6 Å². The largest absolute Gasteiger partial charge is 0.358 e. The normalized spacial score (nSPS) is 13.1. The van der Waals surface area contributed by atoms with Crippen LogP contribution in [0.4, 0.5) is 5.82 Å². The lowest BCUT2D eigenvalue weighted by Crippen LogP contribution is -2.64. The second kappa shape index (κ2) is 11.4. The summed E-state index contributed by atoms with van der Waals surface area (Å²) in [5, 5.41) is 12.7. The standard InChI is InChI=1S/C48H37B2N7/c1-26-15-13-16-27(2)38(26)49-33-23-30(48(5,6)7)24-34-42(33)57-46-40(49)31-19-9-11-21-36(31)55(46)44-45(54-43(52-8)35(25-51)53-44)56-37-22-12-10-20-32(37)41(47(56)57)50(34)39-28(3)17-14-18-29(39)4/h9-24H,1-7H3. The van der Waals surface area contributed by atoms with Gasteiger partial charge in [0.05, 0.1) is 11.0 Å². The Hall–Kier alpha value is -6.83. The molecule has 5 aromatic carbocycles. The number of rotatable bonds is 2. The fraction of sp³-hybridized carbons (Fsp3) is 0.167. The van der Waals surface area contributed by atoms with Crippen LogP contribution in [-0.4, -0.2) is 36.8 Å². The predicted octanol–water partition coefficient (Wildman–Crippen LogP) is 6.41. The molecule has 0 N–H and O–H groups in total. The molecule has 0 unspecified atom stereocenters. The maximum atomic E-state index is 10.4. The van der Waals surface area contributed by atoms with Gasteiger partial charge in [-0.25, -0.2) is 4.98 Å². The number of aromatic nitrogens is 5. The zero-order valence-corrected chi connectivity index (χ0v) is 33.0. The van der Waals surface area contributed by atoms with Gasteiger partial charge in [0, 0.05) is 5.69 Å². The maximum absolute atomic E-state index is 10.4. The molecule has 0 atom stereocenters. The molecule has 9 aromatic rings. The van der Waals surface area contributed by atoms with Gasteiger partial charge >= 0.3 is 5.82 Å². The van der Waals surface area contributed by atoms with Crippen LogP contribution >= 0.6 is 0 Å². The van der Waals surface area contributed by atoms with Crippen molar-refractivity contribution < 1.29 is 0 Å². The molecule has 4 aromatic heterocycles. The van der Waals surface area contributed by atoms with E-state index < -0.39 is 0 Å². The monoisotopic (exact) mass is 733 g/mol. The van der Waals surface area contributed by atoms with Gasteiger partial charge in [-0.3, -0.25) is 13.4 Å². The number of para-hydroxylation sites is 2. The second-order valence-corrected chi connectivity index (χ2v) is 17.0. The summed E-state index contributed by atoms with van der Waals surface area (Å²) in [5.74, 6) is -0.00392. The van der Waals surface area contributed by atoms with Crippen molar-refractivity contribution in [3.8, 4) is 11.8 Å². The SMILES string of the molecule is [C-]#[N+]c1nc2c(nc1C#N)n1c3ccccc3c3c1n1c4c(c5ccccc5n24)B(c2c(C)cccc2C)c2cc(C(C)(C)C)cc(c2-1)B3c1c(C)cccc1C. The summed E-state index contributed by atoms with van der Waals surface area (Å²) < 4.78 is 6.97. The van der Waals surface area contributed by atoms with Crippen LogP contribution in [0.15, 0.2) is 97.1 Å². The Bertz CT molecular complexity index is 3180. The Balaban J connectivity index is 1.55. The Labute approximate surface area is 331 Å². The van der Waals surface area contributed by atoms with E-state index in [1.807, 2.05) is 0 Å². The summed E-state index contributed by atoms with van der Waals surface area (Å²) in [5.41, 5.74) is 19.9. The zero-order valence-electron chi connectivity index (χ0n) is 33.0. The van der Waals surface area contributed by atoms with Gasteiger partial charge in [0.15, 0.2) is 5.69 Å². The predicted molar refractivity (Wildman–Crippen MR) is 235 cm³/mol. The summed E-state index contributed by atoms with van der Waals surface area (Å²) in [4.78, 5) is 14.0. The van der Waals surface area contributed by atoms with Crippen LogP contribution < -0.4 is 32.8 Å². The van der Waals surface area contributed by atoms with Gasteiger partial charge < -0.3 is 4.85 Å². The summed E-state index contributed by atoms with van der Waals surface area (Å²) in [6.07, 6.45) is 0. The van der Waals surface area contributed by atoms with Crippen LogP contribution in [0.3, 0.4) is 0 Å². The van der Waals surface area contributed by atoms with Gasteiger partial charge in [0.2, 0.25) is 19.1 Å². The number of benzene rings is 5. The molecule has 0 spiro atoms. The molecule has 7 nitrogen and oxygen atoms in total. The van der Waals surface area contributed by atoms with Crippen molar-refractivity contribution in [3.05, 3.63) is 142 Å². The highest BCUT2D eigenvalue weighted by Gasteiger charge is 2.46. The molecule has 6 heterocycles.